The summed E-state index contributed by atoms with van der Waals surface area (Å²) in [6, 6.07) is 27.9. The van der Waals surface area contributed by atoms with Crippen LogP contribution in [0.4, 0.5) is 5.69 Å². The van der Waals surface area contributed by atoms with Crippen LogP contribution in [0.2, 0.25) is 0 Å². The van der Waals surface area contributed by atoms with Gasteiger partial charge in [-0.05, 0) is 0 Å². The summed E-state index contributed by atoms with van der Waals surface area (Å²) in [5.74, 6) is 0.107. The molecule has 1 atom stereocenters. The van der Waals surface area contributed by atoms with Gasteiger partial charge in [-0.2, -0.15) is 0 Å². The Morgan fingerprint density at radius 2 is 1.66 bits per heavy atom. The minimum absolute atomic E-state index is 0.107. The fourth-order valence-corrected chi connectivity index (χ4v) is 19.4. The van der Waals surface area contributed by atoms with Gasteiger partial charge in [0.2, 0.25) is 0 Å². The number of benzene rings is 4. The van der Waals surface area contributed by atoms with Crippen LogP contribution in [0.5, 0.6) is 0 Å². The summed E-state index contributed by atoms with van der Waals surface area (Å²) >= 11 is -1.33. The number of hydrogen-bond acceptors (Lipinski definition) is 2. The Hall–Kier alpha value is -1.29. The molecular formula is C29H21BrCl2NSZr. The second kappa shape index (κ2) is 7.62. The van der Waals surface area contributed by atoms with E-state index in [0.717, 1.165) is 17.4 Å². The van der Waals surface area contributed by atoms with Gasteiger partial charge in [-0.25, -0.2) is 0 Å². The first-order valence-electron chi connectivity index (χ1n) is 11.6. The van der Waals surface area contributed by atoms with Crippen molar-refractivity contribution in [3.8, 4) is 11.1 Å². The fourth-order valence-electron chi connectivity index (χ4n) is 6.29. The predicted octanol–water partition coefficient (Wildman–Crippen LogP) is 7.75. The van der Waals surface area contributed by atoms with Gasteiger partial charge in [0.25, 0.3) is 0 Å². The van der Waals surface area contributed by atoms with Crippen LogP contribution in [0, 0.1) is 0 Å². The van der Waals surface area contributed by atoms with E-state index in [1.54, 1.807) is 0 Å². The minimum atomic E-state index is -5.08. The molecule has 4 aromatic carbocycles. The molecule has 6 heteroatoms. The number of thiol groups is 1. The quantitative estimate of drug-likeness (QED) is 0.190. The first-order valence-corrected chi connectivity index (χ1v) is 25.0. The molecule has 0 spiro atoms. The number of hydrogen-bond donors (Lipinski definition) is 1. The molecule has 1 heterocycles. The average molecular weight is 658 g/mol. The predicted molar refractivity (Wildman–Crippen MR) is 153 cm³/mol. The van der Waals surface area contributed by atoms with E-state index in [1.807, 2.05) is 0 Å². The molecule has 0 N–H and O–H groups in total. The maximum absolute atomic E-state index is 7.78. The van der Waals surface area contributed by atoms with Gasteiger partial charge in [0.05, 0.1) is 0 Å². The number of para-hydroxylation sites is 1. The second-order valence-electron chi connectivity index (χ2n) is 9.72. The van der Waals surface area contributed by atoms with Gasteiger partial charge in [0, 0.05) is 0 Å². The molecule has 7 rings (SSSR count). The Balaban J connectivity index is 1.51. The van der Waals surface area contributed by atoms with Gasteiger partial charge >= 0.3 is 228 Å². The van der Waals surface area contributed by atoms with Gasteiger partial charge in [0.15, 0.2) is 0 Å². The Labute approximate surface area is 225 Å². The van der Waals surface area contributed by atoms with E-state index in [0.29, 0.717) is 0 Å². The van der Waals surface area contributed by atoms with Crippen molar-refractivity contribution in [3.63, 3.8) is 0 Å². The third-order valence-electron chi connectivity index (χ3n) is 7.80. The first-order chi connectivity index (χ1) is 16.7. The van der Waals surface area contributed by atoms with Crippen LogP contribution in [0.3, 0.4) is 0 Å². The monoisotopic (exact) mass is 654 g/mol. The molecule has 0 amide bonds. The van der Waals surface area contributed by atoms with E-state index in [2.05, 4.69) is 113 Å². The van der Waals surface area contributed by atoms with E-state index < -0.39 is 14.9 Å². The van der Waals surface area contributed by atoms with Crippen molar-refractivity contribution in [3.05, 3.63) is 117 Å². The normalized spacial score (nSPS) is 18.2. The summed E-state index contributed by atoms with van der Waals surface area (Å²) in [7, 11) is 23.1. The number of nitrogens with zero attached hydrogens (tertiary/aromatic N) is 1. The van der Waals surface area contributed by atoms with Gasteiger partial charge in [0.1, 0.15) is 0 Å². The Kier molecular flexibility index (Phi) is 4.98. The topological polar surface area (TPSA) is 3.24 Å². The van der Waals surface area contributed by atoms with Crippen LogP contribution in [0.25, 0.3) is 17.2 Å². The van der Waals surface area contributed by atoms with Crippen molar-refractivity contribution in [1.29, 1.82) is 0 Å². The van der Waals surface area contributed by atoms with Gasteiger partial charge < -0.3 is 0 Å². The Morgan fingerprint density at radius 1 is 0.914 bits per heavy atom. The van der Waals surface area contributed by atoms with Crippen molar-refractivity contribution < 1.29 is 14.9 Å². The van der Waals surface area contributed by atoms with Crippen molar-refractivity contribution >= 4 is 60.6 Å². The second-order valence-corrected chi connectivity index (χ2v) is 36.5. The third kappa shape index (κ3) is 3.17. The summed E-state index contributed by atoms with van der Waals surface area (Å²) in [5, 5.41) is 0. The molecule has 0 saturated heterocycles. The van der Waals surface area contributed by atoms with Crippen molar-refractivity contribution in [1.82, 2.24) is 0 Å². The van der Waals surface area contributed by atoms with E-state index >= 15 is 0 Å². The zero-order chi connectivity index (χ0) is 24.1. The molecule has 0 aromatic heterocycles. The van der Waals surface area contributed by atoms with Crippen LogP contribution in [0.15, 0.2) is 89.0 Å². The van der Waals surface area contributed by atoms with E-state index in [1.165, 1.54) is 50.3 Å². The van der Waals surface area contributed by atoms with Crippen LogP contribution < -0.4 is 11.4 Å². The summed E-state index contributed by atoms with van der Waals surface area (Å²) in [4.78, 5) is 2.29. The molecule has 1 nitrogen and oxygen atoms in total. The molecule has 1 unspecified atom stereocenters. The molecule has 3 aliphatic rings. The van der Waals surface area contributed by atoms with Crippen molar-refractivity contribution in [2.24, 2.45) is 0 Å². The molecule has 2 aliphatic carbocycles. The van der Waals surface area contributed by atoms with Gasteiger partial charge in [-0.15, -0.1) is 0 Å². The van der Waals surface area contributed by atoms with E-state index in [-0.39, 0.29) is 5.92 Å². The summed E-state index contributed by atoms with van der Waals surface area (Å²) in [6.45, 7) is 0. The number of halogens is 3. The molecule has 0 bridgehead atoms. The molecule has 173 valence electrons. The fraction of sp³-hybridized carbons (Fsp3) is 0.103. The standard InChI is InChI=1S/C16H11BrN.C13H9.2ClH.H2S.Zr/c1-18-14-5-3-2-4-13(14)16-12-7-6-11(17)8-10(12)9-15(16)18;1-3-7-12-10(5-1)9-11-6-2-4-8-13(11)12;;;;/h2-6,8-9,16H,1H3;1-7H,9H2;2*1H;1H2;/q;;;;;+3/p-3. The number of likely N-dealkylation sites (N-methyl/N-ethyl adjacent to an activating group) is 1. The molecule has 4 aromatic rings. The molecule has 1 aliphatic heterocycles. The summed E-state index contributed by atoms with van der Waals surface area (Å²) in [5.41, 5.74) is 11.1. The molecule has 0 fully saturated rings. The van der Waals surface area contributed by atoms with E-state index in [4.69, 9.17) is 26.4 Å². The number of fused-ring (bicyclic) bond motifs is 8. The number of allylic oxidation sites excluding steroid dienone is 1. The first kappa shape index (κ1) is 22.9. The average Bonchev–Trinajstić information content (AvgIpc) is 3.48. The summed E-state index contributed by atoms with van der Waals surface area (Å²) in [6.07, 6.45) is 3.18. The molecule has 35 heavy (non-hydrogen) atoms. The molecule has 0 radical (unpaired) electrons. The van der Waals surface area contributed by atoms with Crippen LogP contribution in [0.1, 0.15) is 33.7 Å². The van der Waals surface area contributed by atoms with Gasteiger partial charge in [-0.3, -0.25) is 0 Å². The zero-order valence-electron chi connectivity index (χ0n) is 18.9. The molecular weight excluding hydrogens is 636 g/mol. The maximum atomic E-state index is 7.78. The SMILES string of the molecule is CN1C2=Cc3cc(Br)c[c]([Zr]([SH])([Cl])([Cl])[c]4cccc5c4-c4ccccc4C5)c3C2c2ccccc21. The number of rotatable bonds is 2. The zero-order valence-corrected chi connectivity index (χ0v) is 25.3. The van der Waals surface area contributed by atoms with E-state index in [9.17, 15) is 0 Å². The van der Waals surface area contributed by atoms with Crippen LogP contribution in [-0.2, 0) is 21.4 Å². The van der Waals surface area contributed by atoms with Crippen LogP contribution in [-0.4, -0.2) is 7.05 Å². The Morgan fingerprint density at radius 3 is 2.51 bits per heavy atom. The number of anilines is 1. The molecule has 0 saturated carbocycles. The van der Waals surface area contributed by atoms with Crippen LogP contribution >= 0.6 is 42.3 Å². The van der Waals surface area contributed by atoms with Gasteiger partial charge in [-0.1, -0.05) is 0 Å². The van der Waals surface area contributed by atoms with Crippen molar-refractivity contribution in [2.45, 2.75) is 12.3 Å². The summed E-state index contributed by atoms with van der Waals surface area (Å²) < 4.78 is 2.98. The van der Waals surface area contributed by atoms with Crippen molar-refractivity contribution in [2.75, 3.05) is 11.9 Å². The Bertz CT molecular complexity index is 1620. The third-order valence-corrected chi connectivity index (χ3v) is 22.5.